The highest BCUT2D eigenvalue weighted by atomic mass is 35.5. The van der Waals surface area contributed by atoms with E-state index in [2.05, 4.69) is 16.4 Å². The molecule has 0 atom stereocenters. The second-order valence-electron chi connectivity index (χ2n) is 8.33. The summed E-state index contributed by atoms with van der Waals surface area (Å²) in [7, 11) is 1.63. The first-order valence-electron chi connectivity index (χ1n) is 10.9. The van der Waals surface area contributed by atoms with Crippen molar-refractivity contribution in [1.29, 1.82) is 0 Å². The molecule has 1 aromatic heterocycles. The lowest BCUT2D eigenvalue weighted by Crippen LogP contribution is -2.48. The molecule has 0 radical (unpaired) electrons. The molecule has 7 nitrogen and oxygen atoms in total. The molecule has 2 aromatic rings. The van der Waals surface area contributed by atoms with Gasteiger partial charge in [-0.3, -0.25) is 9.59 Å². The number of nitrogens with two attached hydrogens (primary N) is 1. The van der Waals surface area contributed by atoms with Gasteiger partial charge in [0.25, 0.3) is 5.91 Å². The van der Waals surface area contributed by atoms with Gasteiger partial charge in [0.15, 0.2) is 0 Å². The first-order chi connectivity index (χ1) is 15.4. The molecule has 0 spiro atoms. The molecule has 0 aliphatic heterocycles. The van der Waals surface area contributed by atoms with Gasteiger partial charge in [0.2, 0.25) is 5.91 Å². The second kappa shape index (κ2) is 10.9. The Bertz CT molecular complexity index is 927. The summed E-state index contributed by atoms with van der Waals surface area (Å²) < 4.78 is 5.26. The largest absolute Gasteiger partial charge is 0.383 e. The number of hydrogen-bond acceptors (Lipinski definition) is 5. The van der Waals surface area contributed by atoms with E-state index in [4.69, 9.17) is 22.1 Å². The Labute approximate surface area is 194 Å². The summed E-state index contributed by atoms with van der Waals surface area (Å²) in [5, 5.41) is 3.33. The fourth-order valence-electron chi connectivity index (χ4n) is 4.48. The maximum atomic E-state index is 13.3. The number of methoxy groups -OCH3 is 1. The van der Waals surface area contributed by atoms with Gasteiger partial charge in [-0.05, 0) is 55.5 Å². The van der Waals surface area contributed by atoms with Gasteiger partial charge in [-0.15, -0.1) is 0 Å². The van der Waals surface area contributed by atoms with Gasteiger partial charge in [-0.25, -0.2) is 4.98 Å². The Hall–Kier alpha value is -2.48. The highest BCUT2D eigenvalue weighted by molar-refractivity contribution is 6.30. The topological polar surface area (TPSA) is 97.5 Å². The van der Waals surface area contributed by atoms with Gasteiger partial charge < -0.3 is 20.7 Å². The van der Waals surface area contributed by atoms with Gasteiger partial charge in [0.1, 0.15) is 5.82 Å². The van der Waals surface area contributed by atoms with E-state index in [9.17, 15) is 9.59 Å². The summed E-state index contributed by atoms with van der Waals surface area (Å²) in [6.45, 7) is 2.91. The maximum absolute atomic E-state index is 13.3. The van der Waals surface area contributed by atoms with Crippen LogP contribution in [0, 0.1) is 0 Å². The van der Waals surface area contributed by atoms with Crippen LogP contribution in [0.5, 0.6) is 0 Å². The molecular weight excluding hydrogens is 428 g/mol. The summed E-state index contributed by atoms with van der Waals surface area (Å²) in [5.74, 6) is 0.130. The first kappa shape index (κ1) is 24.2. The van der Waals surface area contributed by atoms with Crippen LogP contribution >= 0.6 is 11.6 Å². The molecule has 1 heterocycles. The number of ether oxygens (including phenoxy) is 1. The third kappa shape index (κ3) is 5.65. The quantitative estimate of drug-likeness (QED) is 0.629. The van der Waals surface area contributed by atoms with Crippen molar-refractivity contribution in [3.05, 3.63) is 58.7 Å². The number of carbonyl (C=O) groups excluding carboxylic acids is 2. The van der Waals surface area contributed by atoms with Crippen molar-refractivity contribution in [3.8, 4) is 0 Å². The number of rotatable bonds is 8. The number of aromatic nitrogens is 1. The number of hydrogen-bond donors (Lipinski definition) is 2. The Morgan fingerprint density at radius 3 is 2.59 bits per heavy atom. The zero-order valence-corrected chi connectivity index (χ0v) is 19.4. The number of amides is 2. The van der Waals surface area contributed by atoms with Crippen LogP contribution in [0.3, 0.4) is 0 Å². The standard InChI is InChI=1S/C24H31ClN4O3/c1-17(30)28-22-7-6-18(15-27-22)23(31)29(12-13-32-2)21-8-10-24(16-26,11-9-21)19-4-3-5-20(25)14-19/h3-7,14-15,21H,8-13,16,26H2,1-2H3,(H,27,28,30). The van der Waals surface area contributed by atoms with Gasteiger partial charge in [0.05, 0.1) is 12.2 Å². The zero-order chi connectivity index (χ0) is 23.1. The lowest BCUT2D eigenvalue weighted by atomic mass is 9.68. The average Bonchev–Trinajstić information content (AvgIpc) is 2.80. The van der Waals surface area contributed by atoms with Crippen LogP contribution in [-0.2, 0) is 14.9 Å². The van der Waals surface area contributed by atoms with Crippen molar-refractivity contribution in [2.75, 3.05) is 32.1 Å². The van der Waals surface area contributed by atoms with E-state index < -0.39 is 0 Å². The minimum absolute atomic E-state index is 0.0862. The maximum Gasteiger partial charge on any atom is 0.255 e. The number of halogens is 1. The summed E-state index contributed by atoms with van der Waals surface area (Å²) in [4.78, 5) is 30.6. The van der Waals surface area contributed by atoms with Crippen LogP contribution in [0.2, 0.25) is 5.02 Å². The molecule has 1 aliphatic rings. The third-order valence-corrected chi connectivity index (χ3v) is 6.53. The highest BCUT2D eigenvalue weighted by Gasteiger charge is 2.38. The summed E-state index contributed by atoms with van der Waals surface area (Å²) in [6.07, 6.45) is 4.95. The molecule has 0 bridgehead atoms. The van der Waals surface area contributed by atoms with E-state index >= 15 is 0 Å². The second-order valence-corrected chi connectivity index (χ2v) is 8.77. The van der Waals surface area contributed by atoms with Crippen LogP contribution in [-0.4, -0.2) is 54.5 Å². The van der Waals surface area contributed by atoms with E-state index in [1.165, 1.54) is 18.7 Å². The fraction of sp³-hybridized carbons (Fsp3) is 0.458. The molecule has 3 rings (SSSR count). The molecule has 32 heavy (non-hydrogen) atoms. The van der Waals surface area contributed by atoms with Gasteiger partial charge >= 0.3 is 0 Å². The molecule has 172 valence electrons. The van der Waals surface area contributed by atoms with E-state index in [-0.39, 0.29) is 23.3 Å². The molecule has 1 saturated carbocycles. The smallest absolute Gasteiger partial charge is 0.255 e. The molecule has 3 N–H and O–H groups in total. The molecular formula is C24H31ClN4O3. The molecule has 1 aromatic carbocycles. The lowest BCUT2D eigenvalue weighted by molar-refractivity contribution is -0.114. The van der Waals surface area contributed by atoms with Crippen LogP contribution in [0.15, 0.2) is 42.6 Å². The molecule has 1 aliphatic carbocycles. The Morgan fingerprint density at radius 2 is 2.03 bits per heavy atom. The Balaban J connectivity index is 1.75. The molecule has 2 amide bonds. The van der Waals surface area contributed by atoms with Crippen molar-refractivity contribution in [3.63, 3.8) is 0 Å². The lowest BCUT2D eigenvalue weighted by Gasteiger charge is -2.43. The van der Waals surface area contributed by atoms with Gasteiger partial charge in [-0.1, -0.05) is 23.7 Å². The van der Waals surface area contributed by atoms with Gasteiger partial charge in [-0.2, -0.15) is 0 Å². The number of carbonyl (C=O) groups is 2. The minimum Gasteiger partial charge on any atom is -0.383 e. The molecule has 1 fully saturated rings. The average molecular weight is 459 g/mol. The van der Waals surface area contributed by atoms with E-state index in [0.717, 1.165) is 25.7 Å². The number of anilines is 1. The van der Waals surface area contributed by atoms with Crippen molar-refractivity contribution in [2.45, 2.75) is 44.1 Å². The minimum atomic E-state index is -0.205. The van der Waals surface area contributed by atoms with E-state index in [1.54, 1.807) is 19.2 Å². The molecule has 8 heteroatoms. The predicted octanol–water partition coefficient (Wildman–Crippen LogP) is 3.62. The number of benzene rings is 1. The third-order valence-electron chi connectivity index (χ3n) is 6.29. The Morgan fingerprint density at radius 1 is 1.28 bits per heavy atom. The van der Waals surface area contributed by atoms with Crippen molar-refractivity contribution in [1.82, 2.24) is 9.88 Å². The first-order valence-corrected chi connectivity index (χ1v) is 11.3. The summed E-state index contributed by atoms with van der Waals surface area (Å²) >= 11 is 6.23. The van der Waals surface area contributed by atoms with Crippen molar-refractivity contribution >= 4 is 29.2 Å². The normalized spacial score (nSPS) is 20.6. The number of nitrogens with zero attached hydrogens (tertiary/aromatic N) is 2. The molecule has 0 saturated heterocycles. The van der Waals surface area contributed by atoms with E-state index in [0.29, 0.717) is 36.1 Å². The van der Waals surface area contributed by atoms with Gasteiger partial charge in [0, 0.05) is 49.8 Å². The highest BCUT2D eigenvalue weighted by Crippen LogP contribution is 2.41. The van der Waals surface area contributed by atoms with Crippen LogP contribution in [0.25, 0.3) is 0 Å². The van der Waals surface area contributed by atoms with Crippen molar-refractivity contribution < 1.29 is 14.3 Å². The number of pyridine rings is 1. The van der Waals surface area contributed by atoms with Crippen LogP contribution in [0.4, 0.5) is 5.82 Å². The van der Waals surface area contributed by atoms with Crippen LogP contribution in [0.1, 0.15) is 48.5 Å². The van der Waals surface area contributed by atoms with Crippen molar-refractivity contribution in [2.24, 2.45) is 5.73 Å². The Kier molecular flexibility index (Phi) is 8.23. The SMILES string of the molecule is COCCN(C(=O)c1ccc(NC(C)=O)nc1)C1CCC(CN)(c2cccc(Cl)c2)CC1. The summed E-state index contributed by atoms with van der Waals surface area (Å²) in [5.41, 5.74) is 7.77. The molecule has 0 unspecified atom stereocenters. The van der Waals surface area contributed by atoms with E-state index in [1.807, 2.05) is 23.1 Å². The van der Waals surface area contributed by atoms with Crippen LogP contribution < -0.4 is 11.1 Å². The monoisotopic (exact) mass is 458 g/mol. The number of nitrogens with one attached hydrogen (secondary N) is 1. The summed E-state index contributed by atoms with van der Waals surface area (Å²) in [6, 6.07) is 11.4. The predicted molar refractivity (Wildman–Crippen MR) is 126 cm³/mol. The zero-order valence-electron chi connectivity index (χ0n) is 18.6. The fourth-order valence-corrected chi connectivity index (χ4v) is 4.67.